The van der Waals surface area contributed by atoms with Gasteiger partial charge in [-0.3, -0.25) is 9.69 Å². The molecule has 1 amide bonds. The average molecular weight is 352 g/mol. The molecule has 1 unspecified atom stereocenters. The Morgan fingerprint density at radius 2 is 1.80 bits per heavy atom. The minimum Gasteiger partial charge on any atom is -0.354 e. The fraction of sp³-hybridized carbons (Fsp3) is 0.895. The van der Waals surface area contributed by atoms with Crippen LogP contribution < -0.4 is 5.32 Å². The maximum Gasteiger partial charge on any atom is 0.243 e. The molecule has 144 valence electrons. The van der Waals surface area contributed by atoms with E-state index >= 15 is 0 Å². The predicted molar refractivity (Wildman–Crippen MR) is 104 cm³/mol. The molecular weight excluding hydrogens is 314 g/mol. The number of aliphatic imine (C=N–C) groups is 1. The normalized spacial score (nSPS) is 21.9. The van der Waals surface area contributed by atoms with E-state index in [2.05, 4.69) is 34.0 Å². The summed E-state index contributed by atoms with van der Waals surface area (Å²) in [6, 6.07) is 1.15. The van der Waals surface area contributed by atoms with E-state index < -0.39 is 0 Å². The molecule has 0 spiro atoms. The highest BCUT2D eigenvalue weighted by Crippen LogP contribution is 2.23. The zero-order valence-electron chi connectivity index (χ0n) is 16.6. The molecular formula is C19H37N5O. The summed E-state index contributed by atoms with van der Waals surface area (Å²) < 4.78 is 0. The maximum atomic E-state index is 11.9. The first-order valence-corrected chi connectivity index (χ1v) is 10.0. The SMILES string of the molecule is CCC(C)NC(=NCC(=O)N(C)C)N1CCN(C2CCCCC2)CC1. The van der Waals surface area contributed by atoms with E-state index in [9.17, 15) is 4.79 Å². The largest absolute Gasteiger partial charge is 0.354 e. The summed E-state index contributed by atoms with van der Waals surface area (Å²) in [6.07, 6.45) is 7.96. The van der Waals surface area contributed by atoms with Crippen LogP contribution in [-0.4, -0.2) is 85.5 Å². The van der Waals surface area contributed by atoms with Gasteiger partial charge in [0.25, 0.3) is 0 Å². The first-order valence-electron chi connectivity index (χ1n) is 10.0. The summed E-state index contributed by atoms with van der Waals surface area (Å²) in [4.78, 5) is 23.1. The fourth-order valence-electron chi connectivity index (χ4n) is 3.59. The number of carbonyl (C=O) groups is 1. The lowest BCUT2D eigenvalue weighted by Gasteiger charge is -2.42. The molecule has 0 radical (unpaired) electrons. The highest BCUT2D eigenvalue weighted by molar-refractivity contribution is 5.85. The van der Waals surface area contributed by atoms with E-state index in [1.165, 1.54) is 32.1 Å². The van der Waals surface area contributed by atoms with Crippen molar-refractivity contribution in [3.63, 3.8) is 0 Å². The molecule has 1 saturated carbocycles. The van der Waals surface area contributed by atoms with E-state index in [1.54, 1.807) is 19.0 Å². The van der Waals surface area contributed by atoms with Gasteiger partial charge in [-0.15, -0.1) is 0 Å². The number of likely N-dealkylation sites (N-methyl/N-ethyl adjacent to an activating group) is 1. The summed E-state index contributed by atoms with van der Waals surface area (Å²) in [7, 11) is 3.56. The monoisotopic (exact) mass is 351 g/mol. The van der Waals surface area contributed by atoms with Gasteiger partial charge < -0.3 is 15.1 Å². The van der Waals surface area contributed by atoms with Gasteiger partial charge in [0.2, 0.25) is 5.91 Å². The van der Waals surface area contributed by atoms with Crippen LogP contribution in [0.15, 0.2) is 4.99 Å². The van der Waals surface area contributed by atoms with Gasteiger partial charge in [-0.05, 0) is 26.2 Å². The first kappa shape index (κ1) is 20.0. The molecule has 6 heteroatoms. The van der Waals surface area contributed by atoms with E-state index in [-0.39, 0.29) is 12.5 Å². The molecule has 25 heavy (non-hydrogen) atoms. The van der Waals surface area contributed by atoms with Crippen LogP contribution in [0.1, 0.15) is 52.4 Å². The summed E-state index contributed by atoms with van der Waals surface area (Å²) in [6.45, 7) is 8.75. The minimum atomic E-state index is 0.0456. The molecule has 1 saturated heterocycles. The second kappa shape index (κ2) is 10.00. The standard InChI is InChI=1S/C19H37N5O/c1-5-16(2)21-19(20-15-18(25)22(3)4)24-13-11-23(12-14-24)17-9-7-6-8-10-17/h16-17H,5-15H2,1-4H3,(H,20,21). The quantitative estimate of drug-likeness (QED) is 0.606. The van der Waals surface area contributed by atoms with Crippen molar-refractivity contribution in [2.24, 2.45) is 4.99 Å². The number of carbonyl (C=O) groups excluding carboxylic acids is 1. The van der Waals surface area contributed by atoms with Crippen molar-refractivity contribution in [3.8, 4) is 0 Å². The number of hydrogen-bond donors (Lipinski definition) is 1. The zero-order chi connectivity index (χ0) is 18.2. The molecule has 0 aromatic heterocycles. The molecule has 0 aromatic carbocycles. The highest BCUT2D eigenvalue weighted by atomic mass is 16.2. The molecule has 1 aliphatic heterocycles. The second-order valence-electron chi connectivity index (χ2n) is 7.70. The average Bonchev–Trinajstić information content (AvgIpc) is 2.65. The van der Waals surface area contributed by atoms with E-state index in [4.69, 9.17) is 0 Å². The molecule has 0 bridgehead atoms. The third-order valence-electron chi connectivity index (χ3n) is 5.56. The van der Waals surface area contributed by atoms with E-state index in [1.807, 2.05) is 0 Å². The van der Waals surface area contributed by atoms with Crippen molar-refractivity contribution in [1.29, 1.82) is 0 Å². The van der Waals surface area contributed by atoms with Crippen molar-refractivity contribution in [2.75, 3.05) is 46.8 Å². The third-order valence-corrected chi connectivity index (χ3v) is 5.56. The number of nitrogens with one attached hydrogen (secondary N) is 1. The number of nitrogens with zero attached hydrogens (tertiary/aromatic N) is 4. The number of piperazine rings is 1. The Bertz CT molecular complexity index is 437. The third kappa shape index (κ3) is 6.17. The number of guanidine groups is 1. The van der Waals surface area contributed by atoms with Crippen LogP contribution in [0, 0.1) is 0 Å². The van der Waals surface area contributed by atoms with Gasteiger partial charge in [0.05, 0.1) is 0 Å². The molecule has 6 nitrogen and oxygen atoms in total. The lowest BCUT2D eigenvalue weighted by molar-refractivity contribution is -0.127. The van der Waals surface area contributed by atoms with Crippen molar-refractivity contribution >= 4 is 11.9 Å². The summed E-state index contributed by atoms with van der Waals surface area (Å²) in [5, 5.41) is 3.51. The van der Waals surface area contributed by atoms with Gasteiger partial charge in [0.1, 0.15) is 6.54 Å². The molecule has 2 aliphatic rings. The first-order chi connectivity index (χ1) is 12.0. The van der Waals surface area contributed by atoms with Crippen molar-refractivity contribution in [3.05, 3.63) is 0 Å². The highest BCUT2D eigenvalue weighted by Gasteiger charge is 2.26. The number of hydrogen-bond acceptors (Lipinski definition) is 3. The summed E-state index contributed by atoms with van der Waals surface area (Å²) in [5.74, 6) is 0.942. The topological polar surface area (TPSA) is 51.2 Å². The predicted octanol–water partition coefficient (Wildman–Crippen LogP) is 1.77. The van der Waals surface area contributed by atoms with E-state index in [0.29, 0.717) is 6.04 Å². The van der Waals surface area contributed by atoms with Crippen LogP contribution in [0.2, 0.25) is 0 Å². The van der Waals surface area contributed by atoms with Crippen LogP contribution in [0.3, 0.4) is 0 Å². The zero-order valence-corrected chi connectivity index (χ0v) is 16.6. The Labute approximate surface area is 153 Å². The summed E-state index contributed by atoms with van der Waals surface area (Å²) >= 11 is 0. The Balaban J connectivity index is 1.93. The molecule has 0 aromatic rings. The lowest BCUT2D eigenvalue weighted by Crippen LogP contribution is -2.56. The van der Waals surface area contributed by atoms with Gasteiger partial charge in [-0.1, -0.05) is 26.2 Å². The van der Waals surface area contributed by atoms with Gasteiger partial charge in [-0.25, -0.2) is 4.99 Å². The van der Waals surface area contributed by atoms with Crippen LogP contribution in [0.5, 0.6) is 0 Å². The van der Waals surface area contributed by atoms with Crippen molar-refractivity contribution in [1.82, 2.24) is 20.0 Å². The molecule has 1 atom stereocenters. The minimum absolute atomic E-state index is 0.0456. The lowest BCUT2D eigenvalue weighted by atomic mass is 9.94. The second-order valence-corrected chi connectivity index (χ2v) is 7.70. The number of amides is 1. The Morgan fingerprint density at radius 3 is 2.36 bits per heavy atom. The molecule has 1 aliphatic carbocycles. The van der Waals surface area contributed by atoms with Crippen molar-refractivity contribution < 1.29 is 4.79 Å². The van der Waals surface area contributed by atoms with Crippen LogP contribution in [-0.2, 0) is 4.79 Å². The van der Waals surface area contributed by atoms with Crippen molar-refractivity contribution in [2.45, 2.75) is 64.5 Å². The molecule has 1 N–H and O–H groups in total. The Kier molecular flexibility index (Phi) is 8.00. The van der Waals surface area contributed by atoms with E-state index in [0.717, 1.165) is 44.6 Å². The summed E-state index contributed by atoms with van der Waals surface area (Å²) in [5.41, 5.74) is 0. The van der Waals surface area contributed by atoms with Gasteiger partial charge >= 0.3 is 0 Å². The Morgan fingerprint density at radius 1 is 1.16 bits per heavy atom. The smallest absolute Gasteiger partial charge is 0.243 e. The van der Waals surface area contributed by atoms with Crippen LogP contribution >= 0.6 is 0 Å². The van der Waals surface area contributed by atoms with Gasteiger partial charge in [0.15, 0.2) is 5.96 Å². The van der Waals surface area contributed by atoms with Crippen LogP contribution in [0.4, 0.5) is 0 Å². The molecule has 2 fully saturated rings. The van der Waals surface area contributed by atoms with Gasteiger partial charge in [-0.2, -0.15) is 0 Å². The fourth-order valence-corrected chi connectivity index (χ4v) is 3.59. The molecule has 1 heterocycles. The maximum absolute atomic E-state index is 11.9. The number of rotatable bonds is 5. The Hall–Kier alpha value is -1.30. The molecule has 2 rings (SSSR count). The van der Waals surface area contributed by atoms with Crippen LogP contribution in [0.25, 0.3) is 0 Å². The van der Waals surface area contributed by atoms with Gasteiger partial charge in [0, 0.05) is 52.4 Å².